The zero-order valence-corrected chi connectivity index (χ0v) is 17.9. The zero-order valence-electron chi connectivity index (χ0n) is 14.8. The lowest BCUT2D eigenvalue weighted by molar-refractivity contribution is -0.253. The molecule has 0 fully saturated rings. The molecule has 0 aromatic heterocycles. The molecular formula is C18H14Br2F4N2O3. The van der Waals surface area contributed by atoms with Gasteiger partial charge in [0.25, 0.3) is 0 Å². The van der Waals surface area contributed by atoms with E-state index < -0.39 is 24.3 Å². The van der Waals surface area contributed by atoms with Gasteiger partial charge < -0.3 is 14.8 Å². The average Bonchev–Trinajstić information content (AvgIpc) is 2.63. The minimum atomic E-state index is -4.61. The van der Waals surface area contributed by atoms with E-state index in [2.05, 4.69) is 46.9 Å². The lowest BCUT2D eigenvalue weighted by Crippen LogP contribution is -2.33. The van der Waals surface area contributed by atoms with Gasteiger partial charge in [-0.1, -0.05) is 6.07 Å². The molecule has 0 heterocycles. The van der Waals surface area contributed by atoms with Crippen LogP contribution in [0.2, 0.25) is 0 Å². The summed E-state index contributed by atoms with van der Waals surface area (Å²) in [5.74, 6) is -0.426. The molecule has 2 rings (SSSR count). The highest BCUT2D eigenvalue weighted by Gasteiger charge is 2.43. The van der Waals surface area contributed by atoms with Gasteiger partial charge in [-0.05, 0) is 75.2 Å². The number of nitrogens with one attached hydrogen (secondary N) is 1. The van der Waals surface area contributed by atoms with Gasteiger partial charge in [0.1, 0.15) is 5.75 Å². The number of alkyl halides is 4. The molecule has 0 aliphatic rings. The Labute approximate surface area is 180 Å². The molecule has 0 bridgehead atoms. The van der Waals surface area contributed by atoms with Crippen LogP contribution in [0.25, 0.3) is 0 Å². The maximum atomic E-state index is 12.9. The maximum Gasteiger partial charge on any atom is 0.461 e. The Bertz CT molecular complexity index is 873. The molecule has 2 aromatic carbocycles. The summed E-state index contributed by atoms with van der Waals surface area (Å²) in [6, 6.07) is 8.94. The Hall–Kier alpha value is -2.14. The molecule has 0 aliphatic carbocycles. The molecule has 156 valence electrons. The highest BCUT2D eigenvalue weighted by molar-refractivity contribution is 9.11. The van der Waals surface area contributed by atoms with Gasteiger partial charge >= 0.3 is 18.6 Å². The third-order valence-electron chi connectivity index (χ3n) is 3.27. The second kappa shape index (κ2) is 10.1. The first-order valence-electron chi connectivity index (χ1n) is 8.06. The van der Waals surface area contributed by atoms with Crippen molar-refractivity contribution in [3.8, 4) is 5.75 Å². The van der Waals surface area contributed by atoms with Crippen LogP contribution in [-0.4, -0.2) is 31.1 Å². The molecule has 0 unspecified atom stereocenters. The SMILES string of the molecule is CCOC(=NC(=O)Nc1ccc(OC(F)(F)C(F)F)cc1)c1c(Br)cccc1Br. The van der Waals surface area contributed by atoms with E-state index in [4.69, 9.17) is 4.74 Å². The van der Waals surface area contributed by atoms with Crippen LogP contribution < -0.4 is 10.1 Å². The molecule has 2 aromatic rings. The molecular weight excluding hydrogens is 528 g/mol. The van der Waals surface area contributed by atoms with E-state index in [0.717, 1.165) is 12.1 Å². The lowest BCUT2D eigenvalue weighted by Gasteiger charge is -2.16. The van der Waals surface area contributed by atoms with Crippen molar-refractivity contribution in [2.75, 3.05) is 11.9 Å². The van der Waals surface area contributed by atoms with Gasteiger partial charge in [-0.2, -0.15) is 22.6 Å². The van der Waals surface area contributed by atoms with E-state index >= 15 is 0 Å². The summed E-state index contributed by atoms with van der Waals surface area (Å²) in [5.41, 5.74) is 0.719. The maximum absolute atomic E-state index is 12.9. The number of hydrogen-bond acceptors (Lipinski definition) is 3. The van der Waals surface area contributed by atoms with Crippen LogP contribution in [0, 0.1) is 0 Å². The number of ether oxygens (including phenoxy) is 2. The zero-order chi connectivity index (χ0) is 21.6. The van der Waals surface area contributed by atoms with Crippen LogP contribution in [-0.2, 0) is 4.74 Å². The first-order chi connectivity index (χ1) is 13.6. The molecule has 0 saturated heterocycles. The van der Waals surface area contributed by atoms with E-state index in [1.54, 1.807) is 25.1 Å². The highest BCUT2D eigenvalue weighted by Crippen LogP contribution is 2.29. The fourth-order valence-corrected chi connectivity index (χ4v) is 3.39. The predicted molar refractivity (Wildman–Crippen MR) is 107 cm³/mol. The summed E-state index contributed by atoms with van der Waals surface area (Å²) in [4.78, 5) is 16.1. The number of benzene rings is 2. The van der Waals surface area contributed by atoms with E-state index in [9.17, 15) is 22.4 Å². The van der Waals surface area contributed by atoms with Gasteiger partial charge in [0, 0.05) is 14.6 Å². The van der Waals surface area contributed by atoms with Crippen LogP contribution in [0.3, 0.4) is 0 Å². The molecule has 1 N–H and O–H groups in total. The normalized spacial score (nSPS) is 12.1. The summed E-state index contributed by atoms with van der Waals surface area (Å²) < 4.78 is 60.8. The topological polar surface area (TPSA) is 59.9 Å². The number of amides is 2. The number of rotatable bonds is 6. The van der Waals surface area contributed by atoms with Gasteiger partial charge in [0.05, 0.1) is 12.2 Å². The molecule has 29 heavy (non-hydrogen) atoms. The van der Waals surface area contributed by atoms with Gasteiger partial charge in [-0.3, -0.25) is 0 Å². The Morgan fingerprint density at radius 1 is 1.14 bits per heavy atom. The van der Waals surface area contributed by atoms with Gasteiger partial charge in [-0.15, -0.1) is 0 Å². The summed E-state index contributed by atoms with van der Waals surface area (Å²) in [6.45, 7) is 1.98. The largest absolute Gasteiger partial charge is 0.477 e. The lowest BCUT2D eigenvalue weighted by atomic mass is 10.2. The van der Waals surface area contributed by atoms with E-state index in [0.29, 0.717) is 14.5 Å². The fraction of sp³-hybridized carbons (Fsp3) is 0.222. The predicted octanol–water partition coefficient (Wildman–Crippen LogP) is 6.46. The number of anilines is 1. The molecule has 0 atom stereocenters. The third kappa shape index (κ3) is 6.43. The average molecular weight is 542 g/mol. The standard InChI is InChI=1S/C18H14Br2F4N2O3/c1-2-28-15(14-12(19)4-3-5-13(14)20)26-17(27)25-10-6-8-11(9-7-10)29-18(23,24)16(21)22/h3-9,16H,2H2,1H3,(H,25,27). The molecule has 0 radical (unpaired) electrons. The van der Waals surface area contributed by atoms with Crippen LogP contribution in [0.1, 0.15) is 12.5 Å². The van der Waals surface area contributed by atoms with Crippen LogP contribution in [0.15, 0.2) is 56.4 Å². The summed E-state index contributed by atoms with van der Waals surface area (Å²) in [6.07, 6.45) is -8.58. The van der Waals surface area contributed by atoms with Gasteiger partial charge in [-0.25, -0.2) is 4.79 Å². The van der Waals surface area contributed by atoms with Crippen molar-refractivity contribution in [1.29, 1.82) is 0 Å². The van der Waals surface area contributed by atoms with E-state index in [1.165, 1.54) is 12.1 Å². The summed E-state index contributed by atoms with van der Waals surface area (Å²) in [7, 11) is 0. The summed E-state index contributed by atoms with van der Waals surface area (Å²) >= 11 is 6.73. The number of halogens is 6. The van der Waals surface area contributed by atoms with Crippen molar-refractivity contribution in [2.45, 2.75) is 19.5 Å². The van der Waals surface area contributed by atoms with E-state index in [1.807, 2.05) is 0 Å². The minimum Gasteiger partial charge on any atom is -0.477 e. The number of hydrogen-bond donors (Lipinski definition) is 1. The van der Waals surface area contributed by atoms with Crippen LogP contribution >= 0.6 is 31.9 Å². The Kier molecular flexibility index (Phi) is 8.03. The van der Waals surface area contributed by atoms with E-state index in [-0.39, 0.29) is 18.2 Å². The van der Waals surface area contributed by atoms with Crippen molar-refractivity contribution in [3.05, 3.63) is 57.0 Å². The van der Waals surface area contributed by atoms with Gasteiger partial charge in [0.2, 0.25) is 5.90 Å². The third-order valence-corrected chi connectivity index (χ3v) is 4.60. The monoisotopic (exact) mass is 540 g/mol. The minimum absolute atomic E-state index is 0.0564. The first kappa shape index (κ1) is 23.1. The van der Waals surface area contributed by atoms with Crippen LogP contribution in [0.5, 0.6) is 5.75 Å². The van der Waals surface area contributed by atoms with Crippen molar-refractivity contribution >= 4 is 49.5 Å². The Balaban J connectivity index is 2.16. The number of carbonyl (C=O) groups is 1. The van der Waals surface area contributed by atoms with Crippen molar-refractivity contribution in [3.63, 3.8) is 0 Å². The first-order valence-corrected chi connectivity index (χ1v) is 9.64. The number of carbonyl (C=O) groups excluding carboxylic acids is 1. The number of nitrogens with zero attached hydrogens (tertiary/aromatic N) is 1. The molecule has 0 saturated carbocycles. The van der Waals surface area contributed by atoms with Crippen molar-refractivity contribution in [2.24, 2.45) is 4.99 Å². The Morgan fingerprint density at radius 2 is 1.72 bits per heavy atom. The quantitative estimate of drug-likeness (QED) is 0.259. The fourth-order valence-electron chi connectivity index (χ4n) is 2.05. The molecule has 2 amide bonds. The smallest absolute Gasteiger partial charge is 0.461 e. The molecule has 0 aliphatic heterocycles. The highest BCUT2D eigenvalue weighted by atomic mass is 79.9. The Morgan fingerprint density at radius 3 is 2.24 bits per heavy atom. The molecule has 0 spiro atoms. The van der Waals surface area contributed by atoms with Crippen molar-refractivity contribution < 1.29 is 31.8 Å². The van der Waals surface area contributed by atoms with Gasteiger partial charge in [0.15, 0.2) is 0 Å². The number of aliphatic imine (C=N–C) groups is 1. The second-order valence-electron chi connectivity index (χ2n) is 5.37. The second-order valence-corrected chi connectivity index (χ2v) is 7.07. The van der Waals surface area contributed by atoms with Crippen molar-refractivity contribution in [1.82, 2.24) is 0 Å². The number of urea groups is 1. The van der Waals surface area contributed by atoms with Crippen LogP contribution in [0.4, 0.5) is 28.0 Å². The summed E-state index contributed by atoms with van der Waals surface area (Å²) in [5, 5.41) is 2.42. The molecule has 11 heteroatoms. The molecule has 5 nitrogen and oxygen atoms in total.